The summed E-state index contributed by atoms with van der Waals surface area (Å²) < 4.78 is 1.19. The largest absolute Gasteiger partial charge is 0.386 e. The lowest BCUT2D eigenvalue weighted by Gasteiger charge is -2.12. The van der Waals surface area contributed by atoms with Crippen molar-refractivity contribution in [3.05, 3.63) is 64.8 Å². The topological polar surface area (TPSA) is 69.5 Å². The molecule has 5 nitrogen and oxygen atoms in total. The highest BCUT2D eigenvalue weighted by Crippen LogP contribution is 2.29. The van der Waals surface area contributed by atoms with E-state index in [4.69, 9.17) is 0 Å². The molecule has 1 atom stereocenters. The molecule has 142 valence electrons. The molecule has 0 fully saturated rings. The smallest absolute Gasteiger partial charge is 0.191 e. The lowest BCUT2D eigenvalue weighted by molar-refractivity contribution is 0.191. The summed E-state index contributed by atoms with van der Waals surface area (Å²) in [5, 5.41) is 18.2. The Balaban J connectivity index is 1.56. The van der Waals surface area contributed by atoms with Crippen LogP contribution in [0.1, 0.15) is 29.2 Å². The second kappa shape index (κ2) is 9.48. The van der Waals surface area contributed by atoms with Crippen molar-refractivity contribution in [2.45, 2.75) is 26.4 Å². The van der Waals surface area contributed by atoms with Crippen molar-refractivity contribution in [2.75, 3.05) is 19.6 Å². The second-order valence-electron chi connectivity index (χ2n) is 6.41. The summed E-state index contributed by atoms with van der Waals surface area (Å²) in [6.45, 7) is 5.88. The van der Waals surface area contributed by atoms with Gasteiger partial charge < -0.3 is 15.7 Å². The maximum atomic E-state index is 10.5. The molecule has 2 aromatic heterocycles. The average molecular weight is 383 g/mol. The van der Waals surface area contributed by atoms with Crippen LogP contribution in [0.15, 0.2) is 53.7 Å². The first-order valence-electron chi connectivity index (χ1n) is 9.26. The zero-order valence-electron chi connectivity index (χ0n) is 15.8. The third-order valence-corrected chi connectivity index (χ3v) is 5.44. The first-order chi connectivity index (χ1) is 13.2. The van der Waals surface area contributed by atoms with Gasteiger partial charge in [0, 0.05) is 34.6 Å². The Kier molecular flexibility index (Phi) is 6.79. The van der Waals surface area contributed by atoms with Gasteiger partial charge in [0.25, 0.3) is 0 Å². The summed E-state index contributed by atoms with van der Waals surface area (Å²) in [5.74, 6) is 0.720. The van der Waals surface area contributed by atoms with Gasteiger partial charge >= 0.3 is 0 Å². The minimum atomic E-state index is -0.598. The van der Waals surface area contributed by atoms with E-state index in [1.807, 2.05) is 44.3 Å². The van der Waals surface area contributed by atoms with Crippen molar-refractivity contribution in [1.29, 1.82) is 0 Å². The lowest BCUT2D eigenvalue weighted by atomic mass is 10.2. The zero-order valence-corrected chi connectivity index (χ0v) is 16.6. The van der Waals surface area contributed by atoms with E-state index in [0.717, 1.165) is 41.4 Å². The van der Waals surface area contributed by atoms with E-state index in [2.05, 4.69) is 38.8 Å². The first kappa shape index (κ1) is 19.3. The number of fused-ring (bicyclic) bond motifs is 1. The molecule has 3 aromatic rings. The van der Waals surface area contributed by atoms with E-state index < -0.39 is 6.10 Å². The number of nitrogens with one attached hydrogen (secondary N) is 2. The Morgan fingerprint density at radius 3 is 2.81 bits per heavy atom. The summed E-state index contributed by atoms with van der Waals surface area (Å²) in [7, 11) is 0. The Labute approximate surface area is 164 Å². The highest BCUT2D eigenvalue weighted by atomic mass is 32.1. The summed E-state index contributed by atoms with van der Waals surface area (Å²) in [5.41, 5.74) is 2.21. The van der Waals surface area contributed by atoms with Crippen molar-refractivity contribution in [3.63, 3.8) is 0 Å². The maximum Gasteiger partial charge on any atom is 0.191 e. The van der Waals surface area contributed by atoms with Gasteiger partial charge in [0.15, 0.2) is 5.96 Å². The van der Waals surface area contributed by atoms with Crippen molar-refractivity contribution in [3.8, 4) is 0 Å². The lowest BCUT2D eigenvalue weighted by Crippen LogP contribution is -2.38. The molecule has 0 aliphatic carbocycles. The van der Waals surface area contributed by atoms with Gasteiger partial charge in [0.2, 0.25) is 0 Å². The minimum absolute atomic E-state index is 0.328. The SMILES string of the molecule is CCNC(=NCC(O)c1cc2ccccc2s1)NCCc1ccc(C)nc1. The molecule has 0 aliphatic heterocycles. The summed E-state index contributed by atoms with van der Waals surface area (Å²) in [4.78, 5) is 9.81. The van der Waals surface area contributed by atoms with Crippen LogP contribution >= 0.6 is 11.3 Å². The molecule has 2 heterocycles. The van der Waals surface area contributed by atoms with E-state index in [1.165, 1.54) is 10.3 Å². The van der Waals surface area contributed by atoms with Crippen LogP contribution in [0.25, 0.3) is 10.1 Å². The third-order valence-electron chi connectivity index (χ3n) is 4.22. The molecule has 0 spiro atoms. The Bertz CT molecular complexity index is 856. The summed E-state index contributed by atoms with van der Waals surface area (Å²) >= 11 is 1.62. The van der Waals surface area contributed by atoms with Crippen LogP contribution in [-0.4, -0.2) is 35.7 Å². The molecule has 27 heavy (non-hydrogen) atoms. The standard InChI is InChI=1S/C21H26N4OS/c1-3-22-21(23-11-10-16-9-8-15(2)24-13-16)25-14-18(26)20-12-17-6-4-5-7-19(17)27-20/h4-9,12-13,18,26H,3,10-11,14H2,1-2H3,(H2,22,23,25). The van der Waals surface area contributed by atoms with E-state index in [-0.39, 0.29) is 0 Å². The second-order valence-corrected chi connectivity index (χ2v) is 7.52. The van der Waals surface area contributed by atoms with Crippen LogP contribution in [0.3, 0.4) is 0 Å². The fourth-order valence-corrected chi connectivity index (χ4v) is 3.79. The van der Waals surface area contributed by atoms with Gasteiger partial charge in [-0.3, -0.25) is 9.98 Å². The quantitative estimate of drug-likeness (QED) is 0.432. The molecule has 6 heteroatoms. The molecule has 3 N–H and O–H groups in total. The zero-order chi connectivity index (χ0) is 19.1. The molecule has 0 amide bonds. The monoisotopic (exact) mass is 382 g/mol. The number of guanidine groups is 1. The molecule has 0 saturated heterocycles. The number of nitrogens with zero attached hydrogens (tertiary/aromatic N) is 2. The average Bonchev–Trinajstić information content (AvgIpc) is 3.12. The number of aliphatic imine (C=N–C) groups is 1. The number of thiophene rings is 1. The number of hydrogen-bond acceptors (Lipinski definition) is 4. The van der Waals surface area contributed by atoms with E-state index in [9.17, 15) is 5.11 Å². The summed E-state index contributed by atoms with van der Waals surface area (Å²) in [6, 6.07) is 14.3. The van der Waals surface area contributed by atoms with Crippen LogP contribution in [0.5, 0.6) is 0 Å². The van der Waals surface area contributed by atoms with Crippen molar-refractivity contribution in [2.24, 2.45) is 4.99 Å². The molecule has 1 unspecified atom stereocenters. The number of aryl methyl sites for hydroxylation is 1. The fourth-order valence-electron chi connectivity index (χ4n) is 2.75. The van der Waals surface area contributed by atoms with Gasteiger partial charge in [-0.1, -0.05) is 24.3 Å². The van der Waals surface area contributed by atoms with Crippen molar-refractivity contribution >= 4 is 27.4 Å². The number of aliphatic hydroxyl groups excluding tert-OH is 1. The van der Waals surface area contributed by atoms with Crippen molar-refractivity contribution in [1.82, 2.24) is 15.6 Å². The number of rotatable bonds is 7. The normalized spacial score (nSPS) is 12.9. The summed E-state index contributed by atoms with van der Waals surface area (Å²) in [6.07, 6.45) is 2.18. The number of hydrogen-bond donors (Lipinski definition) is 3. The van der Waals surface area contributed by atoms with Crippen molar-refractivity contribution < 1.29 is 5.11 Å². The Morgan fingerprint density at radius 2 is 2.07 bits per heavy atom. The first-order valence-corrected chi connectivity index (χ1v) is 10.1. The van der Waals surface area contributed by atoms with Crippen LogP contribution in [0, 0.1) is 6.92 Å². The molecular weight excluding hydrogens is 356 g/mol. The highest BCUT2D eigenvalue weighted by molar-refractivity contribution is 7.19. The third kappa shape index (κ3) is 5.52. The predicted octanol–water partition coefficient (Wildman–Crippen LogP) is 3.44. The Hall–Kier alpha value is -2.44. The molecule has 0 aliphatic rings. The van der Waals surface area contributed by atoms with Crippen LogP contribution in [-0.2, 0) is 6.42 Å². The maximum absolute atomic E-state index is 10.5. The van der Waals surface area contributed by atoms with Gasteiger partial charge in [-0.15, -0.1) is 11.3 Å². The van der Waals surface area contributed by atoms with Gasteiger partial charge in [-0.25, -0.2) is 0 Å². The van der Waals surface area contributed by atoms with Gasteiger partial charge in [-0.05, 0) is 49.4 Å². The van der Waals surface area contributed by atoms with E-state index in [1.54, 1.807) is 11.3 Å². The number of aromatic nitrogens is 1. The van der Waals surface area contributed by atoms with Gasteiger partial charge in [-0.2, -0.15) is 0 Å². The number of pyridine rings is 1. The van der Waals surface area contributed by atoms with E-state index in [0.29, 0.717) is 6.54 Å². The molecular formula is C21H26N4OS. The van der Waals surface area contributed by atoms with Crippen LogP contribution < -0.4 is 10.6 Å². The fraction of sp³-hybridized carbons (Fsp3) is 0.333. The van der Waals surface area contributed by atoms with Crippen LogP contribution in [0.2, 0.25) is 0 Å². The molecule has 1 aromatic carbocycles. The van der Waals surface area contributed by atoms with Gasteiger partial charge in [0.1, 0.15) is 6.10 Å². The molecule has 0 radical (unpaired) electrons. The predicted molar refractivity (Wildman–Crippen MR) is 113 cm³/mol. The molecule has 3 rings (SSSR count). The highest BCUT2D eigenvalue weighted by Gasteiger charge is 2.11. The Morgan fingerprint density at radius 1 is 1.22 bits per heavy atom. The molecule has 0 bridgehead atoms. The number of benzene rings is 1. The van der Waals surface area contributed by atoms with E-state index >= 15 is 0 Å². The number of aliphatic hydroxyl groups is 1. The minimum Gasteiger partial charge on any atom is -0.386 e. The molecule has 0 saturated carbocycles. The van der Waals surface area contributed by atoms with Gasteiger partial charge in [0.05, 0.1) is 6.54 Å². The van der Waals surface area contributed by atoms with Crippen LogP contribution in [0.4, 0.5) is 0 Å².